The minimum absolute atomic E-state index is 0.0263. The number of hydrogen-bond acceptors (Lipinski definition) is 3. The molecule has 3 heteroatoms. The maximum absolute atomic E-state index is 9.58. The lowest BCUT2D eigenvalue weighted by atomic mass is 9.89. The summed E-state index contributed by atoms with van der Waals surface area (Å²) in [6.45, 7) is 6.74. The fraction of sp³-hybridized carbons (Fsp3) is 0.571. The van der Waals surface area contributed by atoms with E-state index in [2.05, 4.69) is 5.32 Å². The second kappa shape index (κ2) is 5.63. The predicted molar refractivity (Wildman–Crippen MR) is 69.7 cm³/mol. The van der Waals surface area contributed by atoms with Crippen LogP contribution in [0.5, 0.6) is 0 Å². The molecule has 0 bridgehead atoms. The lowest BCUT2D eigenvalue weighted by Gasteiger charge is -2.33. The number of aliphatic hydroxyl groups is 2. The Kier molecular flexibility index (Phi) is 4.69. The first-order chi connectivity index (χ1) is 7.93. The van der Waals surface area contributed by atoms with Gasteiger partial charge in [0.1, 0.15) is 0 Å². The van der Waals surface area contributed by atoms with Crippen molar-refractivity contribution in [2.24, 2.45) is 5.41 Å². The average molecular weight is 237 g/mol. The van der Waals surface area contributed by atoms with E-state index in [1.807, 2.05) is 51.1 Å². The monoisotopic (exact) mass is 237 g/mol. The minimum Gasteiger partial charge on any atom is -0.396 e. The summed E-state index contributed by atoms with van der Waals surface area (Å²) in [7, 11) is 0. The largest absolute Gasteiger partial charge is 0.396 e. The van der Waals surface area contributed by atoms with E-state index in [0.717, 1.165) is 5.56 Å². The molecule has 0 heterocycles. The zero-order valence-electron chi connectivity index (χ0n) is 10.9. The van der Waals surface area contributed by atoms with Crippen molar-refractivity contribution >= 4 is 0 Å². The zero-order valence-corrected chi connectivity index (χ0v) is 10.9. The van der Waals surface area contributed by atoms with Crippen LogP contribution in [0.1, 0.15) is 26.3 Å². The topological polar surface area (TPSA) is 52.5 Å². The summed E-state index contributed by atoms with van der Waals surface area (Å²) in [5, 5.41) is 22.2. The van der Waals surface area contributed by atoms with Crippen molar-refractivity contribution in [1.82, 2.24) is 5.32 Å². The molecule has 0 fully saturated rings. The summed E-state index contributed by atoms with van der Waals surface area (Å²) in [6, 6.07) is 9.87. The Balaban J connectivity index is 2.77. The smallest absolute Gasteiger partial charge is 0.0652 e. The molecule has 0 saturated carbocycles. The van der Waals surface area contributed by atoms with Gasteiger partial charge >= 0.3 is 0 Å². The van der Waals surface area contributed by atoms with Crippen LogP contribution < -0.4 is 5.32 Å². The molecule has 1 rings (SSSR count). The fourth-order valence-electron chi connectivity index (χ4n) is 1.55. The van der Waals surface area contributed by atoms with E-state index in [1.54, 1.807) is 0 Å². The number of nitrogens with one attached hydrogen (secondary N) is 1. The molecule has 96 valence electrons. The first-order valence-corrected chi connectivity index (χ1v) is 5.96. The third-order valence-electron chi connectivity index (χ3n) is 3.11. The first-order valence-electron chi connectivity index (χ1n) is 5.96. The van der Waals surface area contributed by atoms with Crippen LogP contribution >= 0.6 is 0 Å². The molecular formula is C14H23NO2. The van der Waals surface area contributed by atoms with Crippen molar-refractivity contribution in [2.75, 3.05) is 19.8 Å². The second-order valence-corrected chi connectivity index (χ2v) is 5.53. The van der Waals surface area contributed by atoms with E-state index in [1.165, 1.54) is 0 Å². The Morgan fingerprint density at radius 3 is 2.06 bits per heavy atom. The molecule has 1 aromatic carbocycles. The van der Waals surface area contributed by atoms with Crippen LogP contribution in [0, 0.1) is 5.41 Å². The highest BCUT2D eigenvalue weighted by Crippen LogP contribution is 2.22. The molecule has 0 aromatic heterocycles. The zero-order chi connectivity index (χ0) is 12.9. The Morgan fingerprint density at radius 2 is 1.59 bits per heavy atom. The highest BCUT2D eigenvalue weighted by molar-refractivity contribution is 5.23. The van der Waals surface area contributed by atoms with Crippen LogP contribution in [0.15, 0.2) is 30.3 Å². The highest BCUT2D eigenvalue weighted by Gasteiger charge is 2.28. The van der Waals surface area contributed by atoms with Crippen molar-refractivity contribution in [3.8, 4) is 0 Å². The van der Waals surface area contributed by atoms with Crippen molar-refractivity contribution < 1.29 is 10.2 Å². The maximum Gasteiger partial charge on any atom is 0.0652 e. The van der Waals surface area contributed by atoms with Gasteiger partial charge in [0.05, 0.1) is 12.1 Å². The van der Waals surface area contributed by atoms with E-state index in [4.69, 9.17) is 0 Å². The van der Waals surface area contributed by atoms with Gasteiger partial charge in [-0.2, -0.15) is 0 Å². The highest BCUT2D eigenvalue weighted by atomic mass is 16.3. The van der Waals surface area contributed by atoms with Gasteiger partial charge in [0.15, 0.2) is 0 Å². The summed E-state index contributed by atoms with van der Waals surface area (Å²) in [5.74, 6) is 0. The summed E-state index contributed by atoms with van der Waals surface area (Å²) < 4.78 is 0. The van der Waals surface area contributed by atoms with Gasteiger partial charge in [-0.05, 0) is 12.5 Å². The molecule has 3 N–H and O–H groups in total. The van der Waals surface area contributed by atoms with Crippen LogP contribution in [0.25, 0.3) is 0 Å². The van der Waals surface area contributed by atoms with E-state index >= 15 is 0 Å². The summed E-state index contributed by atoms with van der Waals surface area (Å²) in [6.07, 6.45) is 0. The Labute approximate surface area is 103 Å². The van der Waals surface area contributed by atoms with Crippen LogP contribution in [0.4, 0.5) is 0 Å². The molecule has 0 aliphatic rings. The first kappa shape index (κ1) is 14.2. The summed E-state index contributed by atoms with van der Waals surface area (Å²) >= 11 is 0. The molecule has 0 spiro atoms. The van der Waals surface area contributed by atoms with E-state index in [-0.39, 0.29) is 18.6 Å². The lowest BCUT2D eigenvalue weighted by Crippen LogP contribution is -2.47. The van der Waals surface area contributed by atoms with Gasteiger partial charge in [0.25, 0.3) is 0 Å². The number of rotatable bonds is 6. The molecule has 0 radical (unpaired) electrons. The van der Waals surface area contributed by atoms with Crippen LogP contribution in [0.3, 0.4) is 0 Å². The second-order valence-electron chi connectivity index (χ2n) is 5.53. The van der Waals surface area contributed by atoms with Crippen molar-refractivity contribution in [1.29, 1.82) is 0 Å². The van der Waals surface area contributed by atoms with E-state index < -0.39 is 5.54 Å². The number of aliphatic hydroxyl groups excluding tert-OH is 2. The SMILES string of the molecule is CC(C)(CO)CNC(C)(CO)c1ccccc1. The maximum atomic E-state index is 9.58. The summed E-state index contributed by atoms with van der Waals surface area (Å²) in [5.41, 5.74) is 0.398. The Bertz CT molecular complexity index is 337. The molecule has 0 saturated heterocycles. The predicted octanol–water partition coefficient (Wildman–Crippen LogP) is 1.50. The third-order valence-corrected chi connectivity index (χ3v) is 3.11. The third kappa shape index (κ3) is 3.80. The van der Waals surface area contributed by atoms with Gasteiger partial charge in [0.2, 0.25) is 0 Å². The van der Waals surface area contributed by atoms with Gasteiger partial charge in [-0.1, -0.05) is 44.2 Å². The molecule has 3 nitrogen and oxygen atoms in total. The van der Waals surface area contributed by atoms with Crippen molar-refractivity contribution in [2.45, 2.75) is 26.3 Å². The lowest BCUT2D eigenvalue weighted by molar-refractivity contribution is 0.120. The van der Waals surface area contributed by atoms with Crippen LogP contribution in [-0.2, 0) is 5.54 Å². The molecule has 1 unspecified atom stereocenters. The Morgan fingerprint density at radius 1 is 1.00 bits per heavy atom. The van der Waals surface area contributed by atoms with Gasteiger partial charge in [-0.25, -0.2) is 0 Å². The molecule has 0 aliphatic carbocycles. The van der Waals surface area contributed by atoms with E-state index in [0.29, 0.717) is 6.54 Å². The van der Waals surface area contributed by atoms with Crippen molar-refractivity contribution in [3.05, 3.63) is 35.9 Å². The molecule has 0 aliphatic heterocycles. The Hall–Kier alpha value is -0.900. The van der Waals surface area contributed by atoms with Gasteiger partial charge < -0.3 is 15.5 Å². The minimum atomic E-state index is -0.465. The normalized spacial score (nSPS) is 15.6. The van der Waals surface area contributed by atoms with Gasteiger partial charge in [-0.3, -0.25) is 0 Å². The van der Waals surface area contributed by atoms with Crippen LogP contribution in [-0.4, -0.2) is 30.0 Å². The number of hydrogen-bond donors (Lipinski definition) is 3. The molecular weight excluding hydrogens is 214 g/mol. The van der Waals surface area contributed by atoms with Crippen LogP contribution in [0.2, 0.25) is 0 Å². The molecule has 1 aromatic rings. The fourth-order valence-corrected chi connectivity index (χ4v) is 1.55. The molecule has 0 amide bonds. The quantitative estimate of drug-likeness (QED) is 0.703. The summed E-state index contributed by atoms with van der Waals surface area (Å²) in [4.78, 5) is 0. The van der Waals surface area contributed by atoms with E-state index in [9.17, 15) is 10.2 Å². The number of benzene rings is 1. The average Bonchev–Trinajstić information content (AvgIpc) is 2.37. The van der Waals surface area contributed by atoms with Crippen molar-refractivity contribution in [3.63, 3.8) is 0 Å². The van der Waals surface area contributed by atoms with Gasteiger partial charge in [-0.15, -0.1) is 0 Å². The molecule has 17 heavy (non-hydrogen) atoms. The molecule has 1 atom stereocenters. The van der Waals surface area contributed by atoms with Gasteiger partial charge in [0, 0.05) is 18.6 Å². The standard InChI is InChI=1S/C14H23NO2/c1-13(2,10-16)9-15-14(3,11-17)12-7-5-4-6-8-12/h4-8,15-17H,9-11H2,1-3H3.